The van der Waals surface area contributed by atoms with E-state index in [1.165, 1.54) is 12.8 Å². The van der Waals surface area contributed by atoms with Crippen molar-refractivity contribution >= 4 is 22.6 Å². The van der Waals surface area contributed by atoms with Crippen molar-refractivity contribution in [3.8, 4) is 0 Å². The molecule has 1 saturated carbocycles. The van der Waals surface area contributed by atoms with E-state index in [0.29, 0.717) is 6.04 Å². The predicted molar refractivity (Wildman–Crippen MR) is 88.9 cm³/mol. The minimum Gasteiger partial charge on any atom is -0.327 e. The molecule has 114 valence electrons. The van der Waals surface area contributed by atoms with Crippen LogP contribution in [0.1, 0.15) is 58.3 Å². The van der Waals surface area contributed by atoms with Crippen molar-refractivity contribution in [1.29, 1.82) is 0 Å². The zero-order valence-corrected chi connectivity index (χ0v) is 13.8. The average molecular weight is 306 g/mol. The summed E-state index contributed by atoms with van der Waals surface area (Å²) in [7, 11) is 0. The van der Waals surface area contributed by atoms with Crippen molar-refractivity contribution in [3.63, 3.8) is 0 Å². The van der Waals surface area contributed by atoms with Gasteiger partial charge in [-0.15, -0.1) is 0 Å². The first-order valence-electron chi connectivity index (χ1n) is 7.87. The van der Waals surface area contributed by atoms with Gasteiger partial charge in [-0.05, 0) is 38.8 Å². The number of hydrogen-bond acceptors (Lipinski definition) is 2. The third-order valence-corrected chi connectivity index (χ3v) is 5.27. The topological polar surface area (TPSA) is 43.8 Å². The molecule has 0 radical (unpaired) electrons. The summed E-state index contributed by atoms with van der Waals surface area (Å²) in [4.78, 5) is 4.94. The Kier molecular flexibility index (Phi) is 3.74. The van der Waals surface area contributed by atoms with Crippen LogP contribution in [0.4, 0.5) is 0 Å². The fraction of sp³-hybridized carbons (Fsp3) is 0.588. The number of para-hydroxylation sites is 1. The van der Waals surface area contributed by atoms with Gasteiger partial charge >= 0.3 is 0 Å². The zero-order chi connectivity index (χ0) is 15.2. The van der Waals surface area contributed by atoms with Gasteiger partial charge in [0.1, 0.15) is 5.82 Å². The second kappa shape index (κ2) is 5.29. The van der Waals surface area contributed by atoms with E-state index in [9.17, 15) is 0 Å². The van der Waals surface area contributed by atoms with E-state index in [1.54, 1.807) is 0 Å². The summed E-state index contributed by atoms with van der Waals surface area (Å²) >= 11 is 6.45. The Hall–Kier alpha value is -1.06. The summed E-state index contributed by atoms with van der Waals surface area (Å²) in [6, 6.07) is 6.43. The van der Waals surface area contributed by atoms with Crippen LogP contribution < -0.4 is 5.73 Å². The molecule has 0 spiro atoms. The smallest absolute Gasteiger partial charge is 0.117 e. The van der Waals surface area contributed by atoms with Crippen LogP contribution in [0, 0.1) is 0 Å². The summed E-state index contributed by atoms with van der Waals surface area (Å²) < 4.78 is 2.29. The number of nitrogens with zero attached hydrogens (tertiary/aromatic N) is 2. The molecule has 2 aromatic rings. The molecule has 0 saturated heterocycles. The Balaban J connectivity index is 2.27. The molecule has 2 atom stereocenters. The van der Waals surface area contributed by atoms with Gasteiger partial charge in [-0.2, -0.15) is 0 Å². The molecule has 1 aliphatic rings. The van der Waals surface area contributed by atoms with Crippen LogP contribution in [0.2, 0.25) is 5.02 Å². The van der Waals surface area contributed by atoms with Gasteiger partial charge in [0.2, 0.25) is 0 Å². The number of aromatic nitrogens is 2. The zero-order valence-electron chi connectivity index (χ0n) is 13.1. The van der Waals surface area contributed by atoms with Crippen LogP contribution in [0.5, 0.6) is 0 Å². The number of fused-ring (bicyclic) bond motifs is 1. The molecule has 1 fully saturated rings. The summed E-state index contributed by atoms with van der Waals surface area (Å²) in [5.74, 6) is 1.10. The molecule has 1 aliphatic carbocycles. The van der Waals surface area contributed by atoms with Crippen molar-refractivity contribution in [2.24, 2.45) is 5.73 Å². The van der Waals surface area contributed by atoms with Crippen LogP contribution >= 0.6 is 11.6 Å². The first kappa shape index (κ1) is 14.9. The number of nitrogens with two attached hydrogens (primary N) is 1. The largest absolute Gasteiger partial charge is 0.327 e. The van der Waals surface area contributed by atoms with Gasteiger partial charge in [0.15, 0.2) is 0 Å². The van der Waals surface area contributed by atoms with Gasteiger partial charge in [0, 0.05) is 17.5 Å². The number of hydrogen-bond donors (Lipinski definition) is 1. The predicted octanol–water partition coefficient (Wildman–Crippen LogP) is 4.43. The molecular formula is C17H24ClN3. The van der Waals surface area contributed by atoms with Crippen molar-refractivity contribution in [2.45, 2.75) is 64.0 Å². The molecule has 1 heterocycles. The lowest BCUT2D eigenvalue weighted by atomic mass is 9.71. The Bertz CT molecular complexity index is 661. The molecule has 0 bridgehead atoms. The van der Waals surface area contributed by atoms with Gasteiger partial charge in [-0.3, -0.25) is 0 Å². The maximum Gasteiger partial charge on any atom is 0.117 e. The molecule has 4 heteroatoms. The third-order valence-electron chi connectivity index (χ3n) is 4.97. The Labute approximate surface area is 131 Å². The van der Waals surface area contributed by atoms with Gasteiger partial charge in [0.05, 0.1) is 16.1 Å². The van der Waals surface area contributed by atoms with Crippen LogP contribution in [-0.2, 0) is 5.41 Å². The Morgan fingerprint density at radius 3 is 2.81 bits per heavy atom. The molecule has 0 amide bonds. The fourth-order valence-corrected chi connectivity index (χ4v) is 3.91. The summed E-state index contributed by atoms with van der Waals surface area (Å²) in [5.41, 5.74) is 8.44. The monoisotopic (exact) mass is 305 g/mol. The van der Waals surface area contributed by atoms with Gasteiger partial charge < -0.3 is 10.3 Å². The highest BCUT2D eigenvalue weighted by Crippen LogP contribution is 2.41. The van der Waals surface area contributed by atoms with Crippen LogP contribution in [0.3, 0.4) is 0 Å². The van der Waals surface area contributed by atoms with Crippen molar-refractivity contribution < 1.29 is 0 Å². The molecule has 2 unspecified atom stereocenters. The normalized spacial score (nSPS) is 26.7. The van der Waals surface area contributed by atoms with Crippen LogP contribution in [0.15, 0.2) is 18.2 Å². The Morgan fingerprint density at radius 2 is 2.14 bits per heavy atom. The second-order valence-corrected chi connectivity index (χ2v) is 7.18. The van der Waals surface area contributed by atoms with E-state index < -0.39 is 0 Å². The Morgan fingerprint density at radius 1 is 1.38 bits per heavy atom. The second-order valence-electron chi connectivity index (χ2n) is 6.78. The molecule has 0 aliphatic heterocycles. The number of halogens is 1. The molecule has 2 N–H and O–H groups in total. The minimum absolute atomic E-state index is 0.0646. The number of benzene rings is 1. The van der Waals surface area contributed by atoms with Crippen LogP contribution in [-0.4, -0.2) is 15.6 Å². The SMILES string of the molecule is CC(C)n1c(C2(C)CCCCC2N)nc2cccc(Cl)c21. The highest BCUT2D eigenvalue weighted by molar-refractivity contribution is 6.35. The molecule has 1 aromatic heterocycles. The minimum atomic E-state index is -0.0646. The molecule has 21 heavy (non-hydrogen) atoms. The first-order chi connectivity index (χ1) is 9.95. The highest BCUT2D eigenvalue weighted by atomic mass is 35.5. The standard InChI is InChI=1S/C17H24ClN3/c1-11(2)21-15-12(18)7-6-8-13(15)20-16(21)17(3)10-5-4-9-14(17)19/h6-8,11,14H,4-5,9-10,19H2,1-3H3. The van der Waals surface area contributed by atoms with Crippen molar-refractivity contribution in [2.75, 3.05) is 0 Å². The average Bonchev–Trinajstić information content (AvgIpc) is 2.84. The third kappa shape index (κ3) is 2.27. The van der Waals surface area contributed by atoms with E-state index in [0.717, 1.165) is 34.7 Å². The molecule has 3 rings (SSSR count). The fourth-order valence-electron chi connectivity index (χ4n) is 3.65. The molecule has 1 aromatic carbocycles. The summed E-state index contributed by atoms with van der Waals surface area (Å²) in [6.45, 7) is 6.64. The van der Waals surface area contributed by atoms with E-state index in [4.69, 9.17) is 22.3 Å². The maximum atomic E-state index is 6.49. The van der Waals surface area contributed by atoms with Gasteiger partial charge in [-0.1, -0.05) is 37.4 Å². The molecule has 3 nitrogen and oxygen atoms in total. The highest BCUT2D eigenvalue weighted by Gasteiger charge is 2.40. The summed E-state index contributed by atoms with van der Waals surface area (Å²) in [6.07, 6.45) is 4.62. The lowest BCUT2D eigenvalue weighted by Crippen LogP contribution is -2.47. The lowest BCUT2D eigenvalue weighted by Gasteiger charge is -2.39. The van der Waals surface area contributed by atoms with E-state index in [1.807, 2.05) is 18.2 Å². The number of rotatable bonds is 2. The van der Waals surface area contributed by atoms with Gasteiger partial charge in [-0.25, -0.2) is 4.98 Å². The summed E-state index contributed by atoms with van der Waals surface area (Å²) in [5, 5.41) is 0.771. The first-order valence-corrected chi connectivity index (χ1v) is 8.25. The van der Waals surface area contributed by atoms with Crippen molar-refractivity contribution in [1.82, 2.24) is 9.55 Å². The quantitative estimate of drug-likeness (QED) is 0.892. The van der Waals surface area contributed by atoms with Crippen molar-refractivity contribution in [3.05, 3.63) is 29.0 Å². The van der Waals surface area contributed by atoms with Crippen LogP contribution in [0.25, 0.3) is 11.0 Å². The van der Waals surface area contributed by atoms with Gasteiger partial charge in [0.25, 0.3) is 0 Å². The molecular weight excluding hydrogens is 282 g/mol. The number of imidazole rings is 1. The lowest BCUT2D eigenvalue weighted by molar-refractivity contribution is 0.249. The maximum absolute atomic E-state index is 6.49. The van der Waals surface area contributed by atoms with E-state index in [-0.39, 0.29) is 11.5 Å². The van der Waals surface area contributed by atoms with E-state index >= 15 is 0 Å². The van der Waals surface area contributed by atoms with E-state index in [2.05, 4.69) is 25.3 Å².